The summed E-state index contributed by atoms with van der Waals surface area (Å²) in [6, 6.07) is 13.9. The number of amides is 1. The molecule has 0 saturated carbocycles. The molecule has 0 heterocycles. The van der Waals surface area contributed by atoms with Gasteiger partial charge >= 0.3 is 0 Å². The summed E-state index contributed by atoms with van der Waals surface area (Å²) in [5, 5.41) is 2.75. The molecule has 2 aromatic rings. The van der Waals surface area contributed by atoms with Gasteiger partial charge in [0.1, 0.15) is 0 Å². The molecule has 25 heavy (non-hydrogen) atoms. The van der Waals surface area contributed by atoms with Gasteiger partial charge in [0.2, 0.25) is 15.9 Å². The maximum absolute atomic E-state index is 12.6. The first-order valence-electron chi connectivity index (χ1n) is 7.88. The van der Waals surface area contributed by atoms with Crippen molar-refractivity contribution in [3.05, 3.63) is 77.9 Å². The number of hydrogen-bond donors (Lipinski definition) is 2. The van der Waals surface area contributed by atoms with Crippen LogP contribution >= 0.6 is 0 Å². The first kappa shape index (κ1) is 18.9. The normalized spacial score (nSPS) is 12.4. The lowest BCUT2D eigenvalue weighted by Crippen LogP contribution is -2.37. The molecule has 0 radical (unpaired) electrons. The molecule has 2 rings (SSSR count). The molecule has 0 aliphatic rings. The number of benzene rings is 2. The number of carbonyl (C=O) groups excluding carboxylic acids is 1. The summed E-state index contributed by atoms with van der Waals surface area (Å²) in [4.78, 5) is 11.9. The van der Waals surface area contributed by atoms with Crippen molar-refractivity contribution in [3.63, 3.8) is 0 Å². The Bertz CT molecular complexity index is 861. The van der Waals surface area contributed by atoms with Crippen LogP contribution in [-0.2, 0) is 14.8 Å². The van der Waals surface area contributed by atoms with E-state index in [1.54, 1.807) is 19.1 Å². The summed E-state index contributed by atoms with van der Waals surface area (Å²) < 4.78 is 27.8. The molecule has 0 saturated heterocycles. The molecule has 0 aliphatic carbocycles. The highest BCUT2D eigenvalue weighted by Gasteiger charge is 2.20. The van der Waals surface area contributed by atoms with E-state index in [1.165, 1.54) is 0 Å². The summed E-state index contributed by atoms with van der Waals surface area (Å²) in [6.45, 7) is 7.14. The zero-order valence-electron chi connectivity index (χ0n) is 14.3. The molecule has 1 amide bonds. The highest BCUT2D eigenvalue weighted by Crippen LogP contribution is 2.18. The average Bonchev–Trinajstić information content (AvgIpc) is 2.58. The van der Waals surface area contributed by atoms with E-state index in [-0.39, 0.29) is 17.3 Å². The van der Waals surface area contributed by atoms with Crippen LogP contribution in [0.1, 0.15) is 22.7 Å². The molecule has 0 spiro atoms. The molecule has 132 valence electrons. The minimum absolute atomic E-state index is 0.0409. The van der Waals surface area contributed by atoms with E-state index in [2.05, 4.69) is 16.6 Å². The van der Waals surface area contributed by atoms with Gasteiger partial charge in [-0.1, -0.05) is 54.6 Å². The lowest BCUT2D eigenvalue weighted by Gasteiger charge is -2.19. The number of hydrogen-bond acceptors (Lipinski definition) is 3. The van der Waals surface area contributed by atoms with Gasteiger partial charge in [0.25, 0.3) is 0 Å². The van der Waals surface area contributed by atoms with Crippen molar-refractivity contribution in [3.8, 4) is 0 Å². The molecule has 1 atom stereocenters. The summed E-state index contributed by atoms with van der Waals surface area (Å²) in [5.41, 5.74) is 2.48. The Labute approximate surface area is 148 Å². The molecule has 0 aromatic heterocycles. The van der Waals surface area contributed by atoms with E-state index >= 15 is 0 Å². The minimum atomic E-state index is -3.68. The van der Waals surface area contributed by atoms with Gasteiger partial charge < -0.3 is 5.32 Å². The summed E-state index contributed by atoms with van der Waals surface area (Å²) in [6.07, 6.45) is 1.16. The third-order valence-corrected chi connectivity index (χ3v) is 5.39. The second-order valence-corrected chi connectivity index (χ2v) is 7.53. The Kier molecular flexibility index (Phi) is 6.12. The van der Waals surface area contributed by atoms with Crippen LogP contribution < -0.4 is 10.0 Å². The number of nitrogens with one attached hydrogen (secondary N) is 2. The second kappa shape index (κ2) is 8.09. The van der Waals surface area contributed by atoms with Gasteiger partial charge in [-0.15, -0.1) is 0 Å². The number of sulfonamides is 1. The Morgan fingerprint density at radius 3 is 2.44 bits per heavy atom. The molecule has 2 aromatic carbocycles. The smallest absolute Gasteiger partial charge is 0.243 e. The van der Waals surface area contributed by atoms with Crippen molar-refractivity contribution >= 4 is 15.9 Å². The fraction of sp³-hybridized carbons (Fsp3) is 0.211. The number of rotatable bonds is 7. The molecule has 0 aliphatic heterocycles. The highest BCUT2D eigenvalue weighted by atomic mass is 32.2. The number of carbonyl (C=O) groups is 1. The molecule has 0 bridgehead atoms. The van der Waals surface area contributed by atoms with Crippen LogP contribution in [0.5, 0.6) is 0 Å². The largest absolute Gasteiger partial charge is 0.344 e. The Morgan fingerprint density at radius 1 is 1.16 bits per heavy atom. The van der Waals surface area contributed by atoms with Gasteiger partial charge in [-0.2, -0.15) is 0 Å². The monoisotopic (exact) mass is 358 g/mol. The van der Waals surface area contributed by atoms with Gasteiger partial charge in [-0.25, -0.2) is 13.1 Å². The standard InChI is InChI=1S/C19H22N2O3S/c1-4-19(22)21-17(16-8-6-5-7-9-16)13-20-25(23,24)18-11-10-14(2)12-15(18)3/h4-12,17,20H,1,13H2,2-3H3,(H,21,22). The van der Waals surface area contributed by atoms with Crippen LogP contribution in [0.2, 0.25) is 0 Å². The van der Waals surface area contributed by atoms with Crippen molar-refractivity contribution in [2.75, 3.05) is 6.54 Å². The molecule has 5 nitrogen and oxygen atoms in total. The summed E-state index contributed by atoms with van der Waals surface area (Å²) in [5.74, 6) is -0.362. The molecule has 6 heteroatoms. The van der Waals surface area contributed by atoms with Crippen LogP contribution in [0.15, 0.2) is 66.1 Å². The van der Waals surface area contributed by atoms with Crippen molar-refractivity contribution in [2.45, 2.75) is 24.8 Å². The zero-order chi connectivity index (χ0) is 18.4. The second-order valence-electron chi connectivity index (χ2n) is 5.80. The molecular weight excluding hydrogens is 336 g/mol. The fourth-order valence-corrected chi connectivity index (χ4v) is 3.81. The molecular formula is C19H22N2O3S. The SMILES string of the molecule is C=CC(=O)NC(CNS(=O)(=O)c1ccc(C)cc1C)c1ccccc1. The van der Waals surface area contributed by atoms with E-state index < -0.39 is 16.1 Å². The van der Waals surface area contributed by atoms with Crippen molar-refractivity contribution in [1.82, 2.24) is 10.0 Å². The predicted molar refractivity (Wildman–Crippen MR) is 98.6 cm³/mol. The van der Waals surface area contributed by atoms with E-state index in [0.717, 1.165) is 17.2 Å². The first-order chi connectivity index (χ1) is 11.8. The van der Waals surface area contributed by atoms with Crippen LogP contribution in [0.3, 0.4) is 0 Å². The molecule has 1 unspecified atom stereocenters. The predicted octanol–water partition coefficient (Wildman–Crippen LogP) is 2.63. The maximum atomic E-state index is 12.6. The first-order valence-corrected chi connectivity index (χ1v) is 9.36. The lowest BCUT2D eigenvalue weighted by atomic mass is 10.1. The Morgan fingerprint density at radius 2 is 1.84 bits per heavy atom. The average molecular weight is 358 g/mol. The van der Waals surface area contributed by atoms with Gasteiger partial charge in [-0.05, 0) is 37.1 Å². The van der Waals surface area contributed by atoms with E-state index in [4.69, 9.17) is 0 Å². The third-order valence-electron chi connectivity index (χ3n) is 3.80. The topological polar surface area (TPSA) is 75.3 Å². The molecule has 0 fully saturated rings. The van der Waals surface area contributed by atoms with E-state index in [0.29, 0.717) is 5.56 Å². The highest BCUT2D eigenvalue weighted by molar-refractivity contribution is 7.89. The van der Waals surface area contributed by atoms with E-state index in [1.807, 2.05) is 43.3 Å². The van der Waals surface area contributed by atoms with Gasteiger partial charge in [-0.3, -0.25) is 4.79 Å². The van der Waals surface area contributed by atoms with Crippen molar-refractivity contribution in [2.24, 2.45) is 0 Å². The molecule has 2 N–H and O–H groups in total. The van der Waals surface area contributed by atoms with Crippen molar-refractivity contribution < 1.29 is 13.2 Å². The quantitative estimate of drug-likeness (QED) is 0.747. The fourth-order valence-electron chi connectivity index (χ4n) is 2.54. The van der Waals surface area contributed by atoms with Crippen molar-refractivity contribution in [1.29, 1.82) is 0 Å². The van der Waals surface area contributed by atoms with Crippen LogP contribution in [0, 0.1) is 13.8 Å². The van der Waals surface area contributed by atoms with Crippen LogP contribution in [-0.4, -0.2) is 20.9 Å². The lowest BCUT2D eigenvalue weighted by molar-refractivity contribution is -0.117. The minimum Gasteiger partial charge on any atom is -0.344 e. The maximum Gasteiger partial charge on any atom is 0.243 e. The Balaban J connectivity index is 2.21. The van der Waals surface area contributed by atoms with Gasteiger partial charge in [0.05, 0.1) is 10.9 Å². The zero-order valence-corrected chi connectivity index (χ0v) is 15.1. The van der Waals surface area contributed by atoms with Gasteiger partial charge in [0.15, 0.2) is 0 Å². The summed E-state index contributed by atoms with van der Waals surface area (Å²) >= 11 is 0. The van der Waals surface area contributed by atoms with Gasteiger partial charge in [0, 0.05) is 6.54 Å². The van der Waals surface area contributed by atoms with Crippen LogP contribution in [0.25, 0.3) is 0 Å². The van der Waals surface area contributed by atoms with E-state index in [9.17, 15) is 13.2 Å². The summed E-state index contributed by atoms with van der Waals surface area (Å²) in [7, 11) is -3.68. The van der Waals surface area contributed by atoms with Crippen LogP contribution in [0.4, 0.5) is 0 Å². The number of aryl methyl sites for hydroxylation is 2. The third kappa shape index (κ3) is 5.01. The Hall–Kier alpha value is -2.44.